The van der Waals surface area contributed by atoms with Crippen molar-refractivity contribution in [2.75, 3.05) is 6.61 Å². The van der Waals surface area contributed by atoms with E-state index in [1.807, 2.05) is 24.3 Å². The number of nitriles is 1. The summed E-state index contributed by atoms with van der Waals surface area (Å²) < 4.78 is 5.88. The number of halogens is 1. The third kappa shape index (κ3) is 5.50. The molecule has 24 heavy (non-hydrogen) atoms. The van der Waals surface area contributed by atoms with Gasteiger partial charge in [0.2, 0.25) is 0 Å². The highest BCUT2D eigenvalue weighted by Gasteiger charge is 2.33. The normalized spacial score (nSPS) is 16.3. The van der Waals surface area contributed by atoms with Crippen LogP contribution in [0.3, 0.4) is 0 Å². The van der Waals surface area contributed by atoms with Crippen LogP contribution in [0.2, 0.25) is 0 Å². The molecule has 0 aliphatic heterocycles. The van der Waals surface area contributed by atoms with Gasteiger partial charge >= 0.3 is 5.97 Å². The van der Waals surface area contributed by atoms with Crippen molar-refractivity contribution in [3.05, 3.63) is 40.4 Å². The Balaban J connectivity index is 1.79. The summed E-state index contributed by atoms with van der Waals surface area (Å²) in [5, 5.41) is 12.0. The van der Waals surface area contributed by atoms with E-state index >= 15 is 0 Å². The number of carbonyl (C=O) groups excluding carboxylic acids is 2. The Labute approximate surface area is 149 Å². The molecule has 1 saturated carbocycles. The topological polar surface area (TPSA) is 79.2 Å². The molecule has 1 fully saturated rings. The molecule has 0 bridgehead atoms. The molecule has 1 aliphatic carbocycles. The molecule has 126 valence electrons. The molecule has 5 nitrogen and oxygen atoms in total. The SMILES string of the molecule is N#CC1(NC(=O)COC(=O)/C=C/c2ccc(Br)cc2)CCCCC1. The fraction of sp³-hybridized carbons (Fsp3) is 0.389. The van der Waals surface area contributed by atoms with Gasteiger partial charge in [0.15, 0.2) is 6.61 Å². The number of amides is 1. The molecule has 0 unspecified atom stereocenters. The van der Waals surface area contributed by atoms with Gasteiger partial charge in [0.1, 0.15) is 5.54 Å². The highest BCUT2D eigenvalue weighted by Crippen LogP contribution is 2.27. The van der Waals surface area contributed by atoms with Crippen molar-refractivity contribution >= 4 is 33.9 Å². The molecule has 1 N–H and O–H groups in total. The first-order valence-corrected chi connectivity index (χ1v) is 8.65. The van der Waals surface area contributed by atoms with Crippen LogP contribution in [-0.4, -0.2) is 24.0 Å². The van der Waals surface area contributed by atoms with E-state index in [1.54, 1.807) is 6.08 Å². The highest BCUT2D eigenvalue weighted by molar-refractivity contribution is 9.10. The lowest BCUT2D eigenvalue weighted by atomic mass is 9.83. The average Bonchev–Trinajstić information content (AvgIpc) is 2.60. The molecule has 0 spiro atoms. The van der Waals surface area contributed by atoms with Crippen molar-refractivity contribution in [2.45, 2.75) is 37.6 Å². The molecular formula is C18H19BrN2O3. The molecule has 0 saturated heterocycles. The number of ether oxygens (including phenoxy) is 1. The molecule has 0 heterocycles. The van der Waals surface area contributed by atoms with Crippen molar-refractivity contribution < 1.29 is 14.3 Å². The van der Waals surface area contributed by atoms with Crippen LogP contribution < -0.4 is 5.32 Å². The van der Waals surface area contributed by atoms with E-state index in [0.717, 1.165) is 29.3 Å². The Bertz CT molecular complexity index is 656. The van der Waals surface area contributed by atoms with Crippen molar-refractivity contribution in [1.29, 1.82) is 5.26 Å². The zero-order valence-electron chi connectivity index (χ0n) is 13.3. The number of rotatable bonds is 5. The molecule has 1 amide bonds. The Morgan fingerprint density at radius 3 is 2.54 bits per heavy atom. The Kier molecular flexibility index (Phi) is 6.56. The monoisotopic (exact) mass is 390 g/mol. The van der Waals surface area contributed by atoms with Crippen LogP contribution >= 0.6 is 15.9 Å². The van der Waals surface area contributed by atoms with Crippen molar-refractivity contribution in [3.8, 4) is 6.07 Å². The predicted molar refractivity (Wildman–Crippen MR) is 93.7 cm³/mol. The van der Waals surface area contributed by atoms with Crippen LogP contribution in [0.25, 0.3) is 6.08 Å². The lowest BCUT2D eigenvalue weighted by Gasteiger charge is -2.31. The summed E-state index contributed by atoms with van der Waals surface area (Å²) in [6.07, 6.45) is 7.10. The van der Waals surface area contributed by atoms with Gasteiger partial charge in [-0.2, -0.15) is 5.26 Å². The van der Waals surface area contributed by atoms with E-state index in [9.17, 15) is 14.9 Å². The summed E-state index contributed by atoms with van der Waals surface area (Å²) in [5.74, 6) is -1.04. The first-order valence-electron chi connectivity index (χ1n) is 7.86. The summed E-state index contributed by atoms with van der Waals surface area (Å²) in [7, 11) is 0. The molecule has 6 heteroatoms. The van der Waals surface area contributed by atoms with Crippen LogP contribution in [0.5, 0.6) is 0 Å². The average molecular weight is 391 g/mol. The second-order valence-corrected chi connectivity index (χ2v) is 6.71. The Hall–Kier alpha value is -2.13. The minimum absolute atomic E-state index is 0.382. The fourth-order valence-electron chi connectivity index (χ4n) is 2.65. The van der Waals surface area contributed by atoms with Crippen LogP contribution in [0, 0.1) is 11.3 Å². The van der Waals surface area contributed by atoms with Gasteiger partial charge in [-0.15, -0.1) is 0 Å². The van der Waals surface area contributed by atoms with Gasteiger partial charge < -0.3 is 10.1 Å². The lowest BCUT2D eigenvalue weighted by molar-refractivity contribution is -0.144. The first-order chi connectivity index (χ1) is 11.5. The summed E-state index contributed by atoms with van der Waals surface area (Å²) in [5.41, 5.74) is 0.0416. The third-order valence-corrected chi connectivity index (χ3v) is 4.46. The molecular weight excluding hydrogens is 372 g/mol. The molecule has 1 aliphatic rings. The van der Waals surface area contributed by atoms with Gasteiger partial charge in [-0.1, -0.05) is 47.3 Å². The summed E-state index contributed by atoms with van der Waals surface area (Å²) >= 11 is 3.33. The minimum Gasteiger partial charge on any atom is -0.452 e. The lowest BCUT2D eigenvalue weighted by Crippen LogP contribution is -2.49. The number of nitrogens with zero attached hydrogens (tertiary/aromatic N) is 1. The number of carbonyl (C=O) groups is 2. The predicted octanol–water partition coefficient (Wildman–Crippen LogP) is 3.35. The minimum atomic E-state index is -0.811. The van der Waals surface area contributed by atoms with Crippen LogP contribution in [-0.2, 0) is 14.3 Å². The second-order valence-electron chi connectivity index (χ2n) is 5.80. The maximum absolute atomic E-state index is 11.9. The molecule has 0 radical (unpaired) electrons. The maximum atomic E-state index is 11.9. The van der Waals surface area contributed by atoms with Crippen LogP contribution in [0.15, 0.2) is 34.8 Å². The van der Waals surface area contributed by atoms with Gasteiger partial charge in [0, 0.05) is 10.5 Å². The first kappa shape index (κ1) is 18.2. The molecule has 1 aromatic carbocycles. The number of hydrogen-bond acceptors (Lipinski definition) is 4. The molecule has 2 rings (SSSR count). The van der Waals surface area contributed by atoms with E-state index in [-0.39, 0.29) is 6.61 Å². The van der Waals surface area contributed by atoms with E-state index in [2.05, 4.69) is 27.3 Å². The fourth-order valence-corrected chi connectivity index (χ4v) is 2.91. The Morgan fingerprint density at radius 2 is 1.92 bits per heavy atom. The largest absolute Gasteiger partial charge is 0.452 e. The van der Waals surface area contributed by atoms with Crippen molar-refractivity contribution in [2.24, 2.45) is 0 Å². The maximum Gasteiger partial charge on any atom is 0.331 e. The van der Waals surface area contributed by atoms with Gasteiger partial charge in [-0.3, -0.25) is 4.79 Å². The van der Waals surface area contributed by atoms with Gasteiger partial charge in [-0.25, -0.2) is 4.79 Å². The number of hydrogen-bond donors (Lipinski definition) is 1. The van der Waals surface area contributed by atoms with Crippen molar-refractivity contribution in [3.63, 3.8) is 0 Å². The van der Waals surface area contributed by atoms with Gasteiger partial charge in [0.25, 0.3) is 5.91 Å². The van der Waals surface area contributed by atoms with Crippen LogP contribution in [0.4, 0.5) is 0 Å². The van der Waals surface area contributed by atoms with E-state index < -0.39 is 17.4 Å². The number of benzene rings is 1. The highest BCUT2D eigenvalue weighted by atomic mass is 79.9. The van der Waals surface area contributed by atoms with E-state index in [4.69, 9.17) is 4.74 Å². The molecule has 0 atom stereocenters. The summed E-state index contributed by atoms with van der Waals surface area (Å²) in [6.45, 7) is -0.382. The number of nitrogens with one attached hydrogen (secondary N) is 1. The number of esters is 1. The third-order valence-electron chi connectivity index (χ3n) is 3.93. The smallest absolute Gasteiger partial charge is 0.331 e. The quantitative estimate of drug-likeness (QED) is 0.617. The zero-order valence-corrected chi connectivity index (χ0v) is 14.8. The summed E-state index contributed by atoms with van der Waals surface area (Å²) in [6, 6.07) is 9.62. The van der Waals surface area contributed by atoms with Gasteiger partial charge in [0.05, 0.1) is 6.07 Å². The second kappa shape index (κ2) is 8.65. The van der Waals surface area contributed by atoms with Crippen molar-refractivity contribution in [1.82, 2.24) is 5.32 Å². The van der Waals surface area contributed by atoms with Gasteiger partial charge in [-0.05, 0) is 36.6 Å². The van der Waals surface area contributed by atoms with Crippen LogP contribution in [0.1, 0.15) is 37.7 Å². The molecule has 0 aromatic heterocycles. The summed E-state index contributed by atoms with van der Waals surface area (Å²) in [4.78, 5) is 23.6. The zero-order chi connectivity index (χ0) is 17.4. The standard InChI is InChI=1S/C18H19BrN2O3/c19-15-7-4-14(5-8-15)6-9-17(23)24-12-16(22)21-18(13-20)10-2-1-3-11-18/h4-9H,1-3,10-12H2,(H,21,22)/b9-6+. The Morgan fingerprint density at radius 1 is 1.25 bits per heavy atom. The van der Waals surface area contributed by atoms with E-state index in [0.29, 0.717) is 12.8 Å². The molecule has 1 aromatic rings. The van der Waals surface area contributed by atoms with E-state index in [1.165, 1.54) is 6.08 Å².